The highest BCUT2D eigenvalue weighted by Gasteiger charge is 2.29. The number of hydrogen-bond acceptors (Lipinski definition) is 4. The summed E-state index contributed by atoms with van der Waals surface area (Å²) in [4.78, 5) is 21.1. The molecule has 1 saturated heterocycles. The van der Waals surface area contributed by atoms with Crippen molar-refractivity contribution in [3.05, 3.63) is 12.2 Å². The maximum Gasteiger partial charge on any atom is 0.336 e. The van der Waals surface area contributed by atoms with Crippen LogP contribution >= 0.6 is 0 Å². The van der Waals surface area contributed by atoms with Gasteiger partial charge in [-0.2, -0.15) is 0 Å². The molecule has 1 heterocycles. The second-order valence-electron chi connectivity index (χ2n) is 2.65. The van der Waals surface area contributed by atoms with Gasteiger partial charge < -0.3 is 9.47 Å². The SMILES string of the molecule is C=C(CF)C(=O)OCC1CC(=O)O1. The number of carbonyl (C=O) groups excluding carboxylic acids is 2. The van der Waals surface area contributed by atoms with E-state index in [2.05, 4.69) is 16.1 Å². The molecule has 0 saturated carbocycles. The van der Waals surface area contributed by atoms with Crippen LogP contribution in [-0.4, -0.2) is 31.3 Å². The Kier molecular flexibility index (Phi) is 3.00. The highest BCUT2D eigenvalue weighted by atomic mass is 19.1. The number of cyclic esters (lactones) is 1. The zero-order valence-corrected chi connectivity index (χ0v) is 6.92. The minimum Gasteiger partial charge on any atom is -0.458 e. The summed E-state index contributed by atoms with van der Waals surface area (Å²) >= 11 is 0. The van der Waals surface area contributed by atoms with Gasteiger partial charge in [0.2, 0.25) is 0 Å². The van der Waals surface area contributed by atoms with Crippen LogP contribution in [0.2, 0.25) is 0 Å². The van der Waals surface area contributed by atoms with E-state index in [1.807, 2.05) is 0 Å². The first-order valence-corrected chi connectivity index (χ1v) is 3.74. The molecule has 5 heteroatoms. The number of esters is 2. The van der Waals surface area contributed by atoms with Crippen LogP contribution < -0.4 is 0 Å². The Morgan fingerprint density at radius 2 is 2.38 bits per heavy atom. The van der Waals surface area contributed by atoms with Crippen LogP contribution in [0.3, 0.4) is 0 Å². The van der Waals surface area contributed by atoms with Crippen LogP contribution in [0.1, 0.15) is 6.42 Å². The lowest BCUT2D eigenvalue weighted by atomic mass is 10.2. The quantitative estimate of drug-likeness (QED) is 0.472. The van der Waals surface area contributed by atoms with Crippen molar-refractivity contribution in [3.63, 3.8) is 0 Å². The van der Waals surface area contributed by atoms with Crippen LogP contribution in [0.4, 0.5) is 4.39 Å². The van der Waals surface area contributed by atoms with Gasteiger partial charge in [0.25, 0.3) is 0 Å². The van der Waals surface area contributed by atoms with E-state index in [-0.39, 0.29) is 30.7 Å². The van der Waals surface area contributed by atoms with E-state index in [1.165, 1.54) is 0 Å². The van der Waals surface area contributed by atoms with E-state index in [9.17, 15) is 14.0 Å². The zero-order chi connectivity index (χ0) is 9.84. The molecule has 0 aromatic heterocycles. The van der Waals surface area contributed by atoms with Crippen molar-refractivity contribution >= 4 is 11.9 Å². The van der Waals surface area contributed by atoms with Gasteiger partial charge in [-0.25, -0.2) is 9.18 Å². The molecule has 0 aromatic carbocycles. The van der Waals surface area contributed by atoms with Gasteiger partial charge >= 0.3 is 11.9 Å². The molecule has 0 bridgehead atoms. The summed E-state index contributed by atoms with van der Waals surface area (Å²) in [6, 6.07) is 0. The zero-order valence-electron chi connectivity index (χ0n) is 6.92. The molecular formula is C8H9FO4. The molecule has 1 fully saturated rings. The maximum atomic E-state index is 11.8. The Labute approximate surface area is 74.3 Å². The molecule has 0 amide bonds. The largest absolute Gasteiger partial charge is 0.458 e. The van der Waals surface area contributed by atoms with Gasteiger partial charge in [0.1, 0.15) is 19.4 Å². The van der Waals surface area contributed by atoms with Gasteiger partial charge in [-0.05, 0) is 0 Å². The first kappa shape index (κ1) is 9.70. The second kappa shape index (κ2) is 4.02. The fourth-order valence-electron chi connectivity index (χ4n) is 0.780. The van der Waals surface area contributed by atoms with Gasteiger partial charge in [-0.3, -0.25) is 4.79 Å². The standard InChI is InChI=1S/C8H9FO4/c1-5(3-9)8(11)12-4-6-2-7(10)13-6/h6H,1-4H2. The van der Waals surface area contributed by atoms with Crippen LogP contribution in [0.25, 0.3) is 0 Å². The molecule has 0 radical (unpaired) electrons. The molecule has 1 unspecified atom stereocenters. The molecule has 0 N–H and O–H groups in total. The van der Waals surface area contributed by atoms with E-state index in [4.69, 9.17) is 0 Å². The number of hydrogen-bond donors (Lipinski definition) is 0. The first-order valence-electron chi connectivity index (χ1n) is 3.74. The molecule has 0 aliphatic carbocycles. The Morgan fingerprint density at radius 1 is 1.77 bits per heavy atom. The first-order chi connectivity index (χ1) is 6.13. The molecule has 1 atom stereocenters. The number of halogens is 1. The summed E-state index contributed by atoms with van der Waals surface area (Å²) in [7, 11) is 0. The maximum absolute atomic E-state index is 11.8. The van der Waals surface area contributed by atoms with E-state index in [0.29, 0.717) is 0 Å². The number of rotatable bonds is 4. The molecular weight excluding hydrogens is 179 g/mol. The van der Waals surface area contributed by atoms with Crippen molar-refractivity contribution in [1.82, 2.24) is 0 Å². The van der Waals surface area contributed by atoms with E-state index < -0.39 is 12.6 Å². The monoisotopic (exact) mass is 188 g/mol. The summed E-state index contributed by atoms with van der Waals surface area (Å²) in [5.41, 5.74) is -0.231. The minimum absolute atomic E-state index is 0.0242. The Bertz CT molecular complexity index is 241. The summed E-state index contributed by atoms with van der Waals surface area (Å²) < 4.78 is 21.0. The fourth-order valence-corrected chi connectivity index (χ4v) is 0.780. The van der Waals surface area contributed by atoms with Crippen molar-refractivity contribution in [3.8, 4) is 0 Å². The lowest BCUT2D eigenvalue weighted by Gasteiger charge is -2.24. The summed E-state index contributed by atoms with van der Waals surface area (Å²) in [5, 5.41) is 0. The van der Waals surface area contributed by atoms with Crippen LogP contribution in [0.15, 0.2) is 12.2 Å². The lowest BCUT2D eigenvalue weighted by Crippen LogP contribution is -2.37. The number of ether oxygens (including phenoxy) is 2. The number of carbonyl (C=O) groups is 2. The molecule has 4 nitrogen and oxygen atoms in total. The second-order valence-corrected chi connectivity index (χ2v) is 2.65. The Morgan fingerprint density at radius 3 is 2.85 bits per heavy atom. The molecule has 1 aliphatic rings. The van der Waals surface area contributed by atoms with Gasteiger partial charge in [0.05, 0.1) is 12.0 Å². The van der Waals surface area contributed by atoms with Crippen LogP contribution in [0.5, 0.6) is 0 Å². The summed E-state index contributed by atoms with van der Waals surface area (Å²) in [6.45, 7) is 2.20. The van der Waals surface area contributed by atoms with E-state index in [0.717, 1.165) is 0 Å². The molecule has 0 aromatic rings. The highest BCUT2D eigenvalue weighted by Crippen LogP contribution is 2.13. The summed E-state index contributed by atoms with van der Waals surface area (Å²) in [6.07, 6.45) is -0.126. The highest BCUT2D eigenvalue weighted by molar-refractivity contribution is 5.88. The van der Waals surface area contributed by atoms with Gasteiger partial charge in [-0.1, -0.05) is 6.58 Å². The third-order valence-electron chi connectivity index (χ3n) is 1.54. The predicted molar refractivity (Wildman–Crippen MR) is 40.6 cm³/mol. The third kappa shape index (κ3) is 2.54. The Hall–Kier alpha value is -1.39. The van der Waals surface area contributed by atoms with Crippen molar-refractivity contribution < 1.29 is 23.5 Å². The van der Waals surface area contributed by atoms with Crippen molar-refractivity contribution in [1.29, 1.82) is 0 Å². The average Bonchev–Trinajstić information content (AvgIpc) is 2.08. The van der Waals surface area contributed by atoms with E-state index >= 15 is 0 Å². The molecule has 13 heavy (non-hydrogen) atoms. The molecule has 72 valence electrons. The molecule has 1 rings (SSSR count). The number of alkyl halides is 1. The molecule has 1 aliphatic heterocycles. The molecule has 0 spiro atoms. The smallest absolute Gasteiger partial charge is 0.336 e. The lowest BCUT2D eigenvalue weighted by molar-refractivity contribution is -0.177. The fraction of sp³-hybridized carbons (Fsp3) is 0.500. The van der Waals surface area contributed by atoms with Crippen LogP contribution in [-0.2, 0) is 19.1 Å². The minimum atomic E-state index is -0.927. The van der Waals surface area contributed by atoms with Gasteiger partial charge in [-0.15, -0.1) is 0 Å². The van der Waals surface area contributed by atoms with Crippen molar-refractivity contribution in [2.45, 2.75) is 12.5 Å². The van der Waals surface area contributed by atoms with Gasteiger partial charge in [0, 0.05) is 0 Å². The van der Waals surface area contributed by atoms with Crippen molar-refractivity contribution in [2.75, 3.05) is 13.3 Å². The van der Waals surface area contributed by atoms with Crippen molar-refractivity contribution in [2.24, 2.45) is 0 Å². The topological polar surface area (TPSA) is 52.6 Å². The van der Waals surface area contributed by atoms with E-state index in [1.54, 1.807) is 0 Å². The van der Waals surface area contributed by atoms with Crippen LogP contribution in [0, 0.1) is 0 Å². The predicted octanol–water partition coefficient (Wildman–Crippen LogP) is 0.371. The normalized spacial score (nSPS) is 20.1. The average molecular weight is 188 g/mol. The summed E-state index contributed by atoms with van der Waals surface area (Å²) in [5.74, 6) is -1.10. The Balaban J connectivity index is 2.15. The van der Waals surface area contributed by atoms with Gasteiger partial charge in [0.15, 0.2) is 0 Å². The third-order valence-corrected chi connectivity index (χ3v) is 1.54.